The number of allylic oxidation sites excluding steroid dienone is 1. The minimum atomic E-state index is -1.05. The summed E-state index contributed by atoms with van der Waals surface area (Å²) in [5.74, 6) is 6.31. The number of aliphatic hydroxyl groups is 3. The van der Waals surface area contributed by atoms with E-state index >= 15 is 0 Å². The minimum absolute atomic E-state index is 0.0618. The zero-order valence-corrected chi connectivity index (χ0v) is 19.4. The van der Waals surface area contributed by atoms with E-state index in [1.807, 2.05) is 6.08 Å². The van der Waals surface area contributed by atoms with Crippen LogP contribution in [0.15, 0.2) is 12.2 Å². The number of Topliss-reactive ketones (excluding diaryl/α,β-unsaturated/α-hetero) is 2. The first kappa shape index (κ1) is 27.6. The highest BCUT2D eigenvalue weighted by Gasteiger charge is 2.32. The molecule has 0 bridgehead atoms. The largest absolute Gasteiger partial charge is 0.393 e. The van der Waals surface area contributed by atoms with Crippen LogP contribution in [0.4, 0.5) is 0 Å². The van der Waals surface area contributed by atoms with Crippen LogP contribution in [0.25, 0.3) is 0 Å². The molecule has 0 saturated heterocycles. The lowest BCUT2D eigenvalue weighted by molar-refractivity contribution is -0.122. The first-order valence-corrected chi connectivity index (χ1v) is 12.0. The van der Waals surface area contributed by atoms with Crippen molar-refractivity contribution in [2.75, 3.05) is 6.61 Å². The lowest BCUT2D eigenvalue weighted by Gasteiger charge is -2.21. The van der Waals surface area contributed by atoms with Crippen LogP contribution in [-0.2, 0) is 9.59 Å². The minimum Gasteiger partial charge on any atom is -0.393 e. The van der Waals surface area contributed by atoms with E-state index in [9.17, 15) is 19.8 Å². The van der Waals surface area contributed by atoms with Crippen LogP contribution in [0.1, 0.15) is 97.3 Å². The van der Waals surface area contributed by atoms with Crippen molar-refractivity contribution in [2.45, 2.75) is 109 Å². The van der Waals surface area contributed by atoms with Gasteiger partial charge in [-0.05, 0) is 58.3 Å². The molecule has 0 aromatic carbocycles. The van der Waals surface area contributed by atoms with Crippen LogP contribution in [-0.4, -0.2) is 45.2 Å². The van der Waals surface area contributed by atoms with Gasteiger partial charge in [-0.3, -0.25) is 9.59 Å². The molecule has 1 aliphatic carbocycles. The number of carbonyl (C=O) groups is 2. The Kier molecular flexibility index (Phi) is 13.6. The quantitative estimate of drug-likeness (QED) is 0.193. The Morgan fingerprint density at radius 1 is 1.23 bits per heavy atom. The van der Waals surface area contributed by atoms with Gasteiger partial charge in [0.2, 0.25) is 0 Å². The summed E-state index contributed by atoms with van der Waals surface area (Å²) >= 11 is 0. The summed E-state index contributed by atoms with van der Waals surface area (Å²) in [7, 11) is 0. The average molecular weight is 435 g/mol. The average Bonchev–Trinajstić information content (AvgIpc) is 3.07. The maximum Gasteiger partial charge on any atom is 0.158 e. The van der Waals surface area contributed by atoms with Crippen LogP contribution in [0.2, 0.25) is 0 Å². The number of rotatable bonds is 16. The fourth-order valence-electron chi connectivity index (χ4n) is 4.40. The monoisotopic (exact) mass is 434 g/mol. The van der Waals surface area contributed by atoms with E-state index in [-0.39, 0.29) is 30.3 Å². The van der Waals surface area contributed by atoms with Gasteiger partial charge in [-0.2, -0.15) is 0 Å². The molecule has 0 aromatic rings. The van der Waals surface area contributed by atoms with Crippen LogP contribution in [0.5, 0.6) is 0 Å². The molecule has 5 nitrogen and oxygen atoms in total. The molecule has 0 heterocycles. The van der Waals surface area contributed by atoms with Crippen LogP contribution >= 0.6 is 0 Å². The molecule has 4 atom stereocenters. The fourth-order valence-corrected chi connectivity index (χ4v) is 4.40. The zero-order valence-electron chi connectivity index (χ0n) is 19.4. The van der Waals surface area contributed by atoms with Crippen molar-refractivity contribution >= 4 is 11.6 Å². The number of hydrogen-bond acceptors (Lipinski definition) is 5. The lowest BCUT2D eigenvalue weighted by Crippen LogP contribution is -2.26. The maximum atomic E-state index is 12.3. The summed E-state index contributed by atoms with van der Waals surface area (Å²) in [5, 5.41) is 29.0. The van der Waals surface area contributed by atoms with E-state index in [1.54, 1.807) is 13.8 Å². The molecule has 0 spiro atoms. The molecule has 0 aliphatic heterocycles. The Hall–Kier alpha value is -1.48. The van der Waals surface area contributed by atoms with Crippen molar-refractivity contribution in [3.05, 3.63) is 12.2 Å². The number of ketones is 2. The van der Waals surface area contributed by atoms with Crippen LogP contribution in [0.3, 0.4) is 0 Å². The molecule has 31 heavy (non-hydrogen) atoms. The standard InChI is InChI=1S/C26H42O5/c1-3-17-26(31,18-9-8-11-21(2)28)19-10-12-22-15-16-25(30)24(22)14-7-5-4-6-13-23(29)20-27/h10,12,21-22,24,27-28,31H,4-9,11,13-16,18-20H2,1-2H3/t21?,22-,24+,26?/m0/s1. The molecule has 1 rings (SSSR count). The molecule has 0 aromatic heterocycles. The third-order valence-electron chi connectivity index (χ3n) is 6.21. The number of carbonyl (C=O) groups excluding carboxylic acids is 2. The topological polar surface area (TPSA) is 94.8 Å². The van der Waals surface area contributed by atoms with Gasteiger partial charge in [-0.1, -0.05) is 43.8 Å². The molecule has 1 saturated carbocycles. The summed E-state index contributed by atoms with van der Waals surface area (Å²) < 4.78 is 0. The van der Waals surface area contributed by atoms with Crippen molar-refractivity contribution in [3.63, 3.8) is 0 Å². The van der Waals surface area contributed by atoms with Gasteiger partial charge in [-0.25, -0.2) is 0 Å². The predicted molar refractivity (Wildman–Crippen MR) is 123 cm³/mol. The van der Waals surface area contributed by atoms with Gasteiger partial charge >= 0.3 is 0 Å². The van der Waals surface area contributed by atoms with E-state index in [2.05, 4.69) is 17.9 Å². The molecular weight excluding hydrogens is 392 g/mol. The van der Waals surface area contributed by atoms with E-state index in [1.165, 1.54) is 0 Å². The second-order valence-corrected chi connectivity index (χ2v) is 9.06. The second kappa shape index (κ2) is 15.3. The van der Waals surface area contributed by atoms with Crippen molar-refractivity contribution < 1.29 is 24.9 Å². The van der Waals surface area contributed by atoms with Crippen molar-refractivity contribution in [3.8, 4) is 11.8 Å². The first-order valence-electron chi connectivity index (χ1n) is 12.0. The highest BCUT2D eigenvalue weighted by atomic mass is 16.3. The second-order valence-electron chi connectivity index (χ2n) is 9.06. The van der Waals surface area contributed by atoms with Gasteiger partial charge in [0.1, 0.15) is 18.0 Å². The van der Waals surface area contributed by atoms with Crippen LogP contribution < -0.4 is 0 Å². The van der Waals surface area contributed by atoms with E-state index < -0.39 is 5.60 Å². The van der Waals surface area contributed by atoms with E-state index in [0.717, 1.165) is 57.8 Å². The molecule has 1 aliphatic rings. The highest BCUT2D eigenvalue weighted by Crippen LogP contribution is 2.34. The zero-order chi connectivity index (χ0) is 23.1. The van der Waals surface area contributed by atoms with Gasteiger partial charge < -0.3 is 15.3 Å². The molecule has 2 unspecified atom stereocenters. The maximum absolute atomic E-state index is 12.3. The Morgan fingerprint density at radius 3 is 2.65 bits per heavy atom. The van der Waals surface area contributed by atoms with Crippen molar-refractivity contribution in [1.29, 1.82) is 0 Å². The SMILES string of the molecule is CC#CC(O)(CC=C[C@H]1CCC(=O)[C@@H]1CCCCCCC(=O)CO)CCCCC(C)O. The summed E-state index contributed by atoms with van der Waals surface area (Å²) in [6.07, 6.45) is 13.8. The molecule has 5 heteroatoms. The molecule has 176 valence electrons. The summed E-state index contributed by atoms with van der Waals surface area (Å²) in [5.41, 5.74) is -1.05. The van der Waals surface area contributed by atoms with Gasteiger partial charge in [0, 0.05) is 25.2 Å². The summed E-state index contributed by atoms with van der Waals surface area (Å²) in [6, 6.07) is 0. The Bertz CT molecular complexity index is 627. The van der Waals surface area contributed by atoms with Crippen molar-refractivity contribution in [1.82, 2.24) is 0 Å². The molecular formula is C26H42O5. The normalized spacial score (nSPS) is 21.6. The molecule has 1 fully saturated rings. The molecule has 3 N–H and O–H groups in total. The number of unbranched alkanes of at least 4 members (excludes halogenated alkanes) is 4. The Balaban J connectivity index is 2.45. The fraction of sp³-hybridized carbons (Fsp3) is 0.769. The molecule has 0 amide bonds. The summed E-state index contributed by atoms with van der Waals surface area (Å²) in [4.78, 5) is 23.4. The number of aliphatic hydroxyl groups excluding tert-OH is 2. The highest BCUT2D eigenvalue weighted by molar-refractivity contribution is 5.83. The van der Waals surface area contributed by atoms with Crippen LogP contribution in [0, 0.1) is 23.7 Å². The van der Waals surface area contributed by atoms with Gasteiger partial charge in [0.15, 0.2) is 5.78 Å². The third kappa shape index (κ3) is 11.6. The van der Waals surface area contributed by atoms with Gasteiger partial charge in [0.05, 0.1) is 6.10 Å². The third-order valence-corrected chi connectivity index (χ3v) is 6.21. The van der Waals surface area contributed by atoms with Crippen molar-refractivity contribution in [2.24, 2.45) is 11.8 Å². The van der Waals surface area contributed by atoms with E-state index in [4.69, 9.17) is 5.11 Å². The first-order chi connectivity index (χ1) is 14.8. The van der Waals surface area contributed by atoms with Gasteiger partial charge in [-0.15, -0.1) is 5.92 Å². The van der Waals surface area contributed by atoms with E-state index in [0.29, 0.717) is 31.5 Å². The predicted octanol–water partition coefficient (Wildman–Crippen LogP) is 4.13. The molecule has 0 radical (unpaired) electrons. The Labute approximate surface area is 188 Å². The Morgan fingerprint density at radius 2 is 1.97 bits per heavy atom. The lowest BCUT2D eigenvalue weighted by atomic mass is 9.88. The smallest absolute Gasteiger partial charge is 0.158 e. The summed E-state index contributed by atoms with van der Waals surface area (Å²) in [6.45, 7) is 3.14. The van der Waals surface area contributed by atoms with Gasteiger partial charge in [0.25, 0.3) is 0 Å². The number of hydrogen-bond donors (Lipinski definition) is 3.